The molecule has 0 fully saturated rings. The molecule has 4 N–H and O–H groups in total. The Labute approximate surface area is 207 Å². The largest absolute Gasteiger partial charge is 0.481 e. The molecule has 0 unspecified atom stereocenters. The first-order valence-electron chi connectivity index (χ1n) is 10.7. The summed E-state index contributed by atoms with van der Waals surface area (Å²) < 4.78 is 28.6. The van der Waals surface area contributed by atoms with Crippen molar-refractivity contribution in [1.82, 2.24) is 9.71 Å². The van der Waals surface area contributed by atoms with Crippen LogP contribution in [0.1, 0.15) is 11.1 Å². The molecule has 10 heteroatoms. The number of carboxylic acid groups (broad SMARTS) is 1. The first-order valence-corrected chi connectivity index (χ1v) is 12.5. The molecular weight excluding hydrogens is 490 g/mol. The number of amides is 1. The smallest absolute Gasteiger partial charge is 0.307 e. The number of anilines is 1. The molecule has 4 rings (SSSR count). The Balaban J connectivity index is 1.60. The monoisotopic (exact) mass is 511 g/mol. The number of fused-ring (bicyclic) bond motifs is 1. The van der Waals surface area contributed by atoms with Crippen LogP contribution < -0.4 is 10.0 Å². The van der Waals surface area contributed by atoms with Gasteiger partial charge in [0.1, 0.15) is 6.04 Å². The fraction of sp³-hybridized carbons (Fsp3) is 0.120. The van der Waals surface area contributed by atoms with Crippen LogP contribution in [0.4, 0.5) is 5.69 Å². The number of carbonyl (C=O) groups is 2. The highest BCUT2D eigenvalue weighted by Crippen LogP contribution is 2.21. The maximum atomic E-state index is 13.2. The molecule has 3 aromatic carbocycles. The van der Waals surface area contributed by atoms with Gasteiger partial charge >= 0.3 is 5.97 Å². The van der Waals surface area contributed by atoms with Crippen molar-refractivity contribution in [3.8, 4) is 0 Å². The van der Waals surface area contributed by atoms with Gasteiger partial charge in [0.25, 0.3) is 0 Å². The average Bonchev–Trinajstić information content (AvgIpc) is 3.22. The van der Waals surface area contributed by atoms with Gasteiger partial charge in [-0.15, -0.1) is 0 Å². The van der Waals surface area contributed by atoms with Crippen LogP contribution in [0.15, 0.2) is 83.9 Å². The molecule has 0 aliphatic carbocycles. The number of aromatic nitrogens is 1. The van der Waals surface area contributed by atoms with Crippen molar-refractivity contribution < 1.29 is 23.1 Å². The van der Waals surface area contributed by atoms with Crippen LogP contribution in [0.3, 0.4) is 0 Å². The first kappa shape index (κ1) is 24.5. The average molecular weight is 512 g/mol. The number of carboxylic acids is 1. The summed E-state index contributed by atoms with van der Waals surface area (Å²) in [5, 5.41) is 12.9. The summed E-state index contributed by atoms with van der Waals surface area (Å²) in [6.45, 7) is 0. The third kappa shape index (κ3) is 6.07. The van der Waals surface area contributed by atoms with E-state index in [1.165, 1.54) is 24.3 Å². The maximum Gasteiger partial charge on any atom is 0.307 e. The van der Waals surface area contributed by atoms with Gasteiger partial charge < -0.3 is 15.4 Å². The Morgan fingerprint density at radius 1 is 0.971 bits per heavy atom. The van der Waals surface area contributed by atoms with Gasteiger partial charge in [0.2, 0.25) is 15.9 Å². The summed E-state index contributed by atoms with van der Waals surface area (Å²) in [6, 6.07) is 18.4. The summed E-state index contributed by atoms with van der Waals surface area (Å²) >= 11 is 5.88. The van der Waals surface area contributed by atoms with Gasteiger partial charge in [0, 0.05) is 27.8 Å². The van der Waals surface area contributed by atoms with Gasteiger partial charge in [-0.2, -0.15) is 4.72 Å². The van der Waals surface area contributed by atoms with Gasteiger partial charge in [-0.05, 0) is 60.0 Å². The predicted molar refractivity (Wildman–Crippen MR) is 134 cm³/mol. The van der Waals surface area contributed by atoms with E-state index in [0.717, 1.165) is 16.5 Å². The van der Waals surface area contributed by atoms with Gasteiger partial charge in [-0.1, -0.05) is 41.9 Å². The van der Waals surface area contributed by atoms with E-state index in [0.29, 0.717) is 16.3 Å². The number of sulfonamides is 1. The van der Waals surface area contributed by atoms with E-state index in [1.807, 2.05) is 24.3 Å². The van der Waals surface area contributed by atoms with Gasteiger partial charge in [-0.3, -0.25) is 9.59 Å². The zero-order valence-corrected chi connectivity index (χ0v) is 19.9. The highest BCUT2D eigenvalue weighted by atomic mass is 35.5. The third-order valence-corrected chi connectivity index (χ3v) is 7.15. The number of aliphatic carboxylic acids is 1. The number of carbonyl (C=O) groups excluding carboxylic acids is 1. The topological polar surface area (TPSA) is 128 Å². The molecule has 0 radical (unpaired) electrons. The summed E-state index contributed by atoms with van der Waals surface area (Å²) in [7, 11) is -4.04. The summed E-state index contributed by atoms with van der Waals surface area (Å²) in [6.07, 6.45) is 1.71. The maximum absolute atomic E-state index is 13.2. The molecule has 1 atom stereocenters. The first-order chi connectivity index (χ1) is 16.7. The van der Waals surface area contributed by atoms with Crippen LogP contribution in [-0.2, 0) is 32.5 Å². The molecule has 0 bridgehead atoms. The zero-order chi connectivity index (χ0) is 25.0. The van der Waals surface area contributed by atoms with Crippen molar-refractivity contribution >= 4 is 50.1 Å². The van der Waals surface area contributed by atoms with Crippen LogP contribution in [-0.4, -0.2) is 36.4 Å². The van der Waals surface area contributed by atoms with Crippen LogP contribution >= 0.6 is 11.6 Å². The number of hydrogen-bond donors (Lipinski definition) is 4. The SMILES string of the molecule is O=C(O)Cc1ccc(NC(=O)[C@H](Cc2c[nH]c3ccccc23)NS(=O)(=O)c2ccc(Cl)cc2)cc1. The standard InChI is InChI=1S/C25H22ClN3O5S/c26-18-7-11-20(12-8-18)35(33,34)29-23(14-17-15-27-22-4-2-1-3-21(17)22)25(32)28-19-9-5-16(6-10-19)13-24(30)31/h1-12,15,23,27,29H,13-14H2,(H,28,32)(H,30,31)/t23-/m0/s1. The molecule has 1 aromatic heterocycles. The van der Waals surface area contributed by atoms with E-state index in [-0.39, 0.29) is 17.7 Å². The fourth-order valence-electron chi connectivity index (χ4n) is 3.69. The lowest BCUT2D eigenvalue weighted by atomic mass is 10.0. The lowest BCUT2D eigenvalue weighted by molar-refractivity contribution is -0.136. The summed E-state index contributed by atoms with van der Waals surface area (Å²) in [4.78, 5) is 27.2. The predicted octanol–water partition coefficient (Wildman–Crippen LogP) is 3.98. The second-order valence-electron chi connectivity index (χ2n) is 7.95. The minimum Gasteiger partial charge on any atom is -0.481 e. The fourth-order valence-corrected chi connectivity index (χ4v) is 5.01. The number of rotatable bonds is 9. The minimum absolute atomic E-state index is 0.0170. The van der Waals surface area contributed by atoms with E-state index in [1.54, 1.807) is 30.5 Å². The second-order valence-corrected chi connectivity index (χ2v) is 10.1. The van der Waals surface area contributed by atoms with Crippen LogP contribution in [0.25, 0.3) is 10.9 Å². The number of hydrogen-bond acceptors (Lipinski definition) is 4. The van der Waals surface area contributed by atoms with E-state index < -0.39 is 27.9 Å². The number of H-pyrrole nitrogens is 1. The number of nitrogens with one attached hydrogen (secondary N) is 3. The second kappa shape index (κ2) is 10.3. The molecule has 0 saturated heterocycles. The van der Waals surface area contributed by atoms with Crippen molar-refractivity contribution in [2.75, 3.05) is 5.32 Å². The number of aromatic amines is 1. The number of halogens is 1. The third-order valence-electron chi connectivity index (χ3n) is 5.41. The molecule has 1 heterocycles. The van der Waals surface area contributed by atoms with E-state index in [9.17, 15) is 18.0 Å². The Morgan fingerprint density at radius 2 is 1.66 bits per heavy atom. The number of benzene rings is 3. The Hall–Kier alpha value is -3.66. The zero-order valence-electron chi connectivity index (χ0n) is 18.4. The van der Waals surface area contributed by atoms with Crippen molar-refractivity contribution in [3.63, 3.8) is 0 Å². The highest BCUT2D eigenvalue weighted by molar-refractivity contribution is 7.89. The molecule has 0 saturated carbocycles. The molecular formula is C25H22ClN3O5S. The van der Waals surface area contributed by atoms with Crippen molar-refractivity contribution in [1.29, 1.82) is 0 Å². The molecule has 4 aromatic rings. The molecule has 35 heavy (non-hydrogen) atoms. The highest BCUT2D eigenvalue weighted by Gasteiger charge is 2.27. The molecule has 0 spiro atoms. The van der Waals surface area contributed by atoms with Crippen LogP contribution in [0.5, 0.6) is 0 Å². The molecule has 0 aliphatic heterocycles. The van der Waals surface area contributed by atoms with Crippen LogP contribution in [0, 0.1) is 0 Å². The van der Waals surface area contributed by atoms with Crippen molar-refractivity contribution in [2.24, 2.45) is 0 Å². The lowest BCUT2D eigenvalue weighted by Gasteiger charge is -2.19. The van der Waals surface area contributed by atoms with Gasteiger partial charge in [-0.25, -0.2) is 8.42 Å². The lowest BCUT2D eigenvalue weighted by Crippen LogP contribution is -2.45. The summed E-state index contributed by atoms with van der Waals surface area (Å²) in [5.41, 5.74) is 2.64. The molecule has 0 aliphatic rings. The van der Waals surface area contributed by atoms with E-state index in [2.05, 4.69) is 15.0 Å². The van der Waals surface area contributed by atoms with Crippen LogP contribution in [0.2, 0.25) is 5.02 Å². The van der Waals surface area contributed by atoms with E-state index in [4.69, 9.17) is 16.7 Å². The Kier molecular flexibility index (Phi) is 7.20. The molecule has 8 nitrogen and oxygen atoms in total. The van der Waals surface area contributed by atoms with Gasteiger partial charge in [0.15, 0.2) is 0 Å². The Bertz CT molecular complexity index is 1470. The summed E-state index contributed by atoms with van der Waals surface area (Å²) in [5.74, 6) is -1.52. The molecule has 1 amide bonds. The Morgan fingerprint density at radius 3 is 2.34 bits per heavy atom. The van der Waals surface area contributed by atoms with Crippen molar-refractivity contribution in [2.45, 2.75) is 23.8 Å². The van der Waals surface area contributed by atoms with Gasteiger partial charge in [0.05, 0.1) is 11.3 Å². The minimum atomic E-state index is -4.04. The molecule has 180 valence electrons. The van der Waals surface area contributed by atoms with Crippen molar-refractivity contribution in [3.05, 3.63) is 95.1 Å². The normalized spacial score (nSPS) is 12.4. The van der Waals surface area contributed by atoms with E-state index >= 15 is 0 Å². The quantitative estimate of drug-likeness (QED) is 0.270. The number of para-hydroxylation sites is 1.